The van der Waals surface area contributed by atoms with Gasteiger partial charge in [0.1, 0.15) is 11.9 Å². The number of anilines is 1. The predicted molar refractivity (Wildman–Crippen MR) is 75.9 cm³/mol. The average Bonchev–Trinajstić information content (AvgIpc) is 2.46. The molecule has 0 saturated carbocycles. The Morgan fingerprint density at radius 1 is 1.40 bits per heavy atom. The second-order valence-corrected chi connectivity index (χ2v) is 5.01. The summed E-state index contributed by atoms with van der Waals surface area (Å²) in [6, 6.07) is 7.38. The van der Waals surface area contributed by atoms with E-state index in [9.17, 15) is 15.2 Å². The maximum atomic E-state index is 11.3. The van der Waals surface area contributed by atoms with Crippen LogP contribution in [0, 0.1) is 10.1 Å². The molecule has 3 rings (SSSR count). The number of fused-ring (bicyclic) bond motifs is 1. The van der Waals surface area contributed by atoms with E-state index in [0.29, 0.717) is 18.8 Å². The molecule has 1 N–H and O–H groups in total. The number of β-amino-alcohol motifs (C(OH)–C–C–N with tert-alkyl or cyclic N) is 1. The molecule has 1 fully saturated rings. The topological polar surface area (TPSA) is 79.5 Å². The summed E-state index contributed by atoms with van der Waals surface area (Å²) in [6.45, 7) is 1.14. The maximum Gasteiger partial charge on any atom is 0.311 e. The number of aliphatic hydroxyl groups is 1. The second kappa shape index (κ2) is 5.05. The lowest BCUT2D eigenvalue weighted by molar-refractivity contribution is -0.384. The molecule has 20 heavy (non-hydrogen) atoms. The van der Waals surface area contributed by atoms with Gasteiger partial charge in [-0.25, -0.2) is 4.98 Å². The molecular weight excluding hydrogens is 258 g/mol. The van der Waals surface area contributed by atoms with Crippen LogP contribution in [0.1, 0.15) is 12.8 Å². The molecule has 1 aromatic carbocycles. The van der Waals surface area contributed by atoms with E-state index in [-0.39, 0.29) is 5.69 Å². The van der Waals surface area contributed by atoms with Crippen molar-refractivity contribution in [1.29, 1.82) is 0 Å². The number of nitro groups is 1. The van der Waals surface area contributed by atoms with Crippen molar-refractivity contribution in [2.75, 3.05) is 18.0 Å². The van der Waals surface area contributed by atoms with Crippen molar-refractivity contribution in [3.05, 3.63) is 40.6 Å². The van der Waals surface area contributed by atoms with Crippen molar-refractivity contribution in [2.45, 2.75) is 18.9 Å². The Morgan fingerprint density at radius 3 is 2.95 bits per heavy atom. The molecule has 0 radical (unpaired) electrons. The van der Waals surface area contributed by atoms with Gasteiger partial charge in [0.15, 0.2) is 0 Å². The predicted octanol–water partition coefficient (Wildman–Crippen LogP) is 2.10. The normalized spacial score (nSPS) is 19.2. The highest BCUT2D eigenvalue weighted by Gasteiger charge is 2.27. The van der Waals surface area contributed by atoms with Crippen LogP contribution >= 0.6 is 0 Å². The SMILES string of the molecule is O=[N+]([O-])c1cnc2ccccc2c1N1CCC[C@H](O)C1. The molecule has 6 nitrogen and oxygen atoms in total. The zero-order valence-corrected chi connectivity index (χ0v) is 10.9. The van der Waals surface area contributed by atoms with Gasteiger partial charge >= 0.3 is 5.69 Å². The van der Waals surface area contributed by atoms with E-state index in [1.165, 1.54) is 6.20 Å². The number of hydrogen-bond donors (Lipinski definition) is 1. The number of benzene rings is 1. The lowest BCUT2D eigenvalue weighted by atomic mass is 10.1. The Morgan fingerprint density at radius 2 is 2.20 bits per heavy atom. The first kappa shape index (κ1) is 12.8. The minimum Gasteiger partial charge on any atom is -0.391 e. The quantitative estimate of drug-likeness (QED) is 0.669. The Balaban J connectivity index is 2.19. The van der Waals surface area contributed by atoms with Crippen LogP contribution in [-0.4, -0.2) is 34.2 Å². The zero-order valence-electron chi connectivity index (χ0n) is 10.9. The lowest BCUT2D eigenvalue weighted by Gasteiger charge is -2.32. The van der Waals surface area contributed by atoms with Gasteiger partial charge in [-0.05, 0) is 18.9 Å². The number of piperidine rings is 1. The Bertz CT molecular complexity index is 659. The third-order valence-corrected chi connectivity index (χ3v) is 3.64. The molecule has 2 aromatic rings. The van der Waals surface area contributed by atoms with E-state index in [2.05, 4.69) is 4.98 Å². The molecular formula is C14H15N3O3. The highest BCUT2D eigenvalue weighted by Crippen LogP contribution is 2.36. The van der Waals surface area contributed by atoms with Gasteiger partial charge in [-0.2, -0.15) is 0 Å². The van der Waals surface area contributed by atoms with E-state index in [4.69, 9.17) is 0 Å². The van der Waals surface area contributed by atoms with Crippen LogP contribution in [-0.2, 0) is 0 Å². The molecule has 0 unspecified atom stereocenters. The van der Waals surface area contributed by atoms with Gasteiger partial charge < -0.3 is 10.0 Å². The fourth-order valence-electron chi connectivity index (χ4n) is 2.74. The monoisotopic (exact) mass is 273 g/mol. The fraction of sp³-hybridized carbons (Fsp3) is 0.357. The molecule has 1 aliphatic rings. The average molecular weight is 273 g/mol. The number of aliphatic hydroxyl groups excluding tert-OH is 1. The standard InChI is InChI=1S/C14H15N3O3/c18-10-4-3-7-16(9-10)14-11-5-1-2-6-12(11)15-8-13(14)17(19)20/h1-2,5-6,8,10,18H,3-4,7,9H2/t10-/m0/s1. The van der Waals surface area contributed by atoms with Gasteiger partial charge in [0.2, 0.25) is 0 Å². The third kappa shape index (κ3) is 2.18. The van der Waals surface area contributed by atoms with Gasteiger partial charge in [-0.3, -0.25) is 10.1 Å². The van der Waals surface area contributed by atoms with Crippen molar-refractivity contribution in [2.24, 2.45) is 0 Å². The van der Waals surface area contributed by atoms with Gasteiger partial charge in [0.25, 0.3) is 0 Å². The molecule has 104 valence electrons. The first-order chi connectivity index (χ1) is 9.66. The molecule has 6 heteroatoms. The summed E-state index contributed by atoms with van der Waals surface area (Å²) < 4.78 is 0. The van der Waals surface area contributed by atoms with Crippen LogP contribution in [0.15, 0.2) is 30.5 Å². The number of rotatable bonds is 2. The number of hydrogen-bond acceptors (Lipinski definition) is 5. The van der Waals surface area contributed by atoms with Crippen LogP contribution in [0.4, 0.5) is 11.4 Å². The minimum absolute atomic E-state index is 0.00204. The minimum atomic E-state index is -0.435. The number of aromatic nitrogens is 1. The maximum absolute atomic E-state index is 11.3. The fourth-order valence-corrected chi connectivity index (χ4v) is 2.74. The highest BCUT2D eigenvalue weighted by atomic mass is 16.6. The van der Waals surface area contributed by atoms with Crippen LogP contribution in [0.5, 0.6) is 0 Å². The molecule has 0 amide bonds. The number of para-hydroxylation sites is 1. The Kier molecular flexibility index (Phi) is 3.23. The van der Waals surface area contributed by atoms with Crippen LogP contribution in [0.25, 0.3) is 10.9 Å². The summed E-state index contributed by atoms with van der Waals surface area (Å²) in [4.78, 5) is 16.9. The highest BCUT2D eigenvalue weighted by molar-refractivity contribution is 5.96. The van der Waals surface area contributed by atoms with E-state index in [1.54, 1.807) is 0 Å². The summed E-state index contributed by atoms with van der Waals surface area (Å²) in [5, 5.41) is 21.8. The molecule has 0 bridgehead atoms. The van der Waals surface area contributed by atoms with E-state index in [0.717, 1.165) is 23.7 Å². The second-order valence-electron chi connectivity index (χ2n) is 5.01. The van der Waals surface area contributed by atoms with Crippen molar-refractivity contribution in [3.63, 3.8) is 0 Å². The van der Waals surface area contributed by atoms with E-state index < -0.39 is 11.0 Å². The van der Waals surface area contributed by atoms with Gasteiger partial charge in [0, 0.05) is 18.5 Å². The van der Waals surface area contributed by atoms with Gasteiger partial charge in [-0.15, -0.1) is 0 Å². The molecule has 1 saturated heterocycles. The zero-order chi connectivity index (χ0) is 14.1. The van der Waals surface area contributed by atoms with Crippen molar-refractivity contribution in [3.8, 4) is 0 Å². The molecule has 1 atom stereocenters. The van der Waals surface area contributed by atoms with E-state index >= 15 is 0 Å². The van der Waals surface area contributed by atoms with Crippen LogP contribution in [0.2, 0.25) is 0 Å². The Labute approximate surface area is 115 Å². The summed E-state index contributed by atoms with van der Waals surface area (Å²) >= 11 is 0. The third-order valence-electron chi connectivity index (χ3n) is 3.64. The molecule has 2 heterocycles. The summed E-state index contributed by atoms with van der Waals surface area (Å²) in [5.41, 5.74) is 1.30. The molecule has 1 aromatic heterocycles. The first-order valence-electron chi connectivity index (χ1n) is 6.62. The summed E-state index contributed by atoms with van der Waals surface area (Å²) in [6.07, 6.45) is 2.44. The van der Waals surface area contributed by atoms with Crippen LogP contribution < -0.4 is 4.90 Å². The molecule has 0 spiro atoms. The number of nitrogens with zero attached hydrogens (tertiary/aromatic N) is 3. The molecule has 0 aliphatic carbocycles. The van der Waals surface area contributed by atoms with Crippen LogP contribution in [0.3, 0.4) is 0 Å². The smallest absolute Gasteiger partial charge is 0.311 e. The Hall–Kier alpha value is -2.21. The first-order valence-corrected chi connectivity index (χ1v) is 6.62. The van der Waals surface area contributed by atoms with Gasteiger partial charge in [0.05, 0.1) is 16.5 Å². The van der Waals surface area contributed by atoms with Crippen molar-refractivity contribution < 1.29 is 10.0 Å². The largest absolute Gasteiger partial charge is 0.391 e. The molecule has 1 aliphatic heterocycles. The van der Waals surface area contributed by atoms with Crippen molar-refractivity contribution in [1.82, 2.24) is 4.98 Å². The van der Waals surface area contributed by atoms with E-state index in [1.807, 2.05) is 29.2 Å². The van der Waals surface area contributed by atoms with Gasteiger partial charge in [-0.1, -0.05) is 18.2 Å². The number of pyridine rings is 1. The summed E-state index contributed by atoms with van der Waals surface area (Å²) in [7, 11) is 0. The summed E-state index contributed by atoms with van der Waals surface area (Å²) in [5.74, 6) is 0. The van der Waals surface area contributed by atoms with Crippen molar-refractivity contribution >= 4 is 22.3 Å². The lowest BCUT2D eigenvalue weighted by Crippen LogP contribution is -2.38.